The van der Waals surface area contributed by atoms with Crippen LogP contribution in [0.2, 0.25) is 0 Å². The second kappa shape index (κ2) is 10.3. The molecule has 6 nitrogen and oxygen atoms in total. The zero-order valence-electron chi connectivity index (χ0n) is 19.4. The van der Waals surface area contributed by atoms with E-state index < -0.39 is 0 Å². The number of benzene rings is 1. The summed E-state index contributed by atoms with van der Waals surface area (Å²) in [7, 11) is 0. The second-order valence-corrected chi connectivity index (χ2v) is 9.36. The van der Waals surface area contributed by atoms with Gasteiger partial charge in [-0.1, -0.05) is 41.9 Å². The lowest BCUT2D eigenvalue weighted by atomic mass is 9.81. The molecule has 172 valence electrons. The van der Waals surface area contributed by atoms with Gasteiger partial charge >= 0.3 is 0 Å². The molecule has 2 aliphatic rings. The van der Waals surface area contributed by atoms with E-state index in [0.717, 1.165) is 81.7 Å². The smallest absolute Gasteiger partial charge is 0.227 e. The molecule has 2 aliphatic heterocycles. The van der Waals surface area contributed by atoms with Crippen molar-refractivity contribution in [2.24, 2.45) is 11.8 Å². The first kappa shape index (κ1) is 22.6. The molecular formula is C26H35N3O3. The topological polar surface area (TPSA) is 66.7 Å². The minimum absolute atomic E-state index is 0.105. The maximum Gasteiger partial charge on any atom is 0.227 e. The van der Waals surface area contributed by atoms with Crippen LogP contribution >= 0.6 is 0 Å². The summed E-state index contributed by atoms with van der Waals surface area (Å²) in [5.41, 5.74) is 2.99. The first-order chi connectivity index (χ1) is 15.5. The van der Waals surface area contributed by atoms with Crippen LogP contribution in [-0.2, 0) is 22.4 Å². The summed E-state index contributed by atoms with van der Waals surface area (Å²) in [6.45, 7) is 6.88. The third kappa shape index (κ3) is 5.22. The van der Waals surface area contributed by atoms with Gasteiger partial charge in [-0.2, -0.15) is 0 Å². The van der Waals surface area contributed by atoms with E-state index in [-0.39, 0.29) is 11.8 Å². The molecule has 2 fully saturated rings. The summed E-state index contributed by atoms with van der Waals surface area (Å²) in [6, 6.07) is 10.4. The van der Waals surface area contributed by atoms with Crippen molar-refractivity contribution in [1.82, 2.24) is 15.0 Å². The Morgan fingerprint density at radius 2 is 1.81 bits per heavy atom. The average molecular weight is 438 g/mol. The van der Waals surface area contributed by atoms with Gasteiger partial charge in [0.1, 0.15) is 5.76 Å². The van der Waals surface area contributed by atoms with Crippen LogP contribution in [0, 0.1) is 25.7 Å². The molecule has 0 aliphatic carbocycles. The number of amides is 2. The van der Waals surface area contributed by atoms with Gasteiger partial charge in [-0.3, -0.25) is 9.59 Å². The van der Waals surface area contributed by atoms with Crippen molar-refractivity contribution < 1.29 is 14.1 Å². The van der Waals surface area contributed by atoms with Crippen LogP contribution in [0.25, 0.3) is 0 Å². The summed E-state index contributed by atoms with van der Waals surface area (Å²) in [6.07, 6.45) is 6.27. The maximum atomic E-state index is 13.4. The van der Waals surface area contributed by atoms with Gasteiger partial charge in [0.05, 0.1) is 12.1 Å². The van der Waals surface area contributed by atoms with Gasteiger partial charge < -0.3 is 14.3 Å². The largest absolute Gasteiger partial charge is 0.361 e. The lowest BCUT2D eigenvalue weighted by Crippen LogP contribution is -2.44. The van der Waals surface area contributed by atoms with E-state index in [1.165, 1.54) is 5.56 Å². The van der Waals surface area contributed by atoms with Crippen LogP contribution in [-0.4, -0.2) is 52.9 Å². The van der Waals surface area contributed by atoms with Crippen LogP contribution in [0.3, 0.4) is 0 Å². The zero-order chi connectivity index (χ0) is 22.5. The quantitative estimate of drug-likeness (QED) is 0.686. The van der Waals surface area contributed by atoms with E-state index in [0.29, 0.717) is 18.2 Å². The Morgan fingerprint density at radius 3 is 2.50 bits per heavy atom. The monoisotopic (exact) mass is 437 g/mol. The highest BCUT2D eigenvalue weighted by molar-refractivity contribution is 5.80. The molecule has 0 saturated carbocycles. The Kier molecular flexibility index (Phi) is 7.28. The Hall–Kier alpha value is -2.63. The van der Waals surface area contributed by atoms with E-state index >= 15 is 0 Å². The highest BCUT2D eigenvalue weighted by atomic mass is 16.5. The number of aromatic nitrogens is 1. The fourth-order valence-corrected chi connectivity index (χ4v) is 5.27. The molecule has 1 aromatic heterocycles. The highest BCUT2D eigenvalue weighted by Crippen LogP contribution is 2.32. The molecule has 2 saturated heterocycles. The molecule has 6 heteroatoms. The molecule has 1 aromatic carbocycles. The number of carbonyl (C=O) groups is 2. The van der Waals surface area contributed by atoms with Crippen LogP contribution < -0.4 is 0 Å². The molecule has 0 radical (unpaired) electrons. The molecular weight excluding hydrogens is 402 g/mol. The third-order valence-corrected chi connectivity index (χ3v) is 7.31. The van der Waals surface area contributed by atoms with E-state index in [1.807, 2.05) is 24.8 Å². The van der Waals surface area contributed by atoms with Gasteiger partial charge in [0.15, 0.2) is 0 Å². The van der Waals surface area contributed by atoms with Gasteiger partial charge in [0.2, 0.25) is 11.8 Å². The number of hydrogen-bond donors (Lipinski definition) is 0. The summed E-state index contributed by atoms with van der Waals surface area (Å²) < 4.78 is 5.20. The Balaban J connectivity index is 1.31. The van der Waals surface area contributed by atoms with Crippen LogP contribution in [0.1, 0.15) is 54.7 Å². The lowest BCUT2D eigenvalue weighted by Gasteiger charge is -2.36. The standard InChI is InChI=1S/C26H35N3O3/c1-19-24(20(2)32-27-19)18-25(30)28-16-12-22(13-17-28)23-10-6-7-14-29(26(23)31)15-11-21-8-4-3-5-9-21/h3-5,8-9,22-23H,6-7,10-18H2,1-2H3. The van der Waals surface area contributed by atoms with Crippen LogP contribution in [0.15, 0.2) is 34.9 Å². The summed E-state index contributed by atoms with van der Waals surface area (Å²) in [4.78, 5) is 30.3. The SMILES string of the molecule is Cc1noc(C)c1CC(=O)N1CCC(C2CCCCN(CCc3ccccc3)C2=O)CC1. The normalized spacial score (nSPS) is 20.4. The van der Waals surface area contributed by atoms with Crippen molar-refractivity contribution >= 4 is 11.8 Å². The first-order valence-electron chi connectivity index (χ1n) is 12.0. The van der Waals surface area contributed by atoms with E-state index in [9.17, 15) is 9.59 Å². The third-order valence-electron chi connectivity index (χ3n) is 7.31. The van der Waals surface area contributed by atoms with Crippen molar-refractivity contribution in [1.29, 1.82) is 0 Å². The van der Waals surface area contributed by atoms with Crippen molar-refractivity contribution in [3.8, 4) is 0 Å². The minimum atomic E-state index is 0.105. The second-order valence-electron chi connectivity index (χ2n) is 9.36. The summed E-state index contributed by atoms with van der Waals surface area (Å²) in [5, 5.41) is 3.96. The van der Waals surface area contributed by atoms with E-state index in [1.54, 1.807) is 0 Å². The number of aryl methyl sites for hydroxylation is 2. The number of nitrogens with zero attached hydrogens (tertiary/aromatic N) is 3. The van der Waals surface area contributed by atoms with Gasteiger partial charge in [0.25, 0.3) is 0 Å². The molecule has 1 unspecified atom stereocenters. The Morgan fingerprint density at radius 1 is 1.06 bits per heavy atom. The lowest BCUT2D eigenvalue weighted by molar-refractivity contribution is -0.138. The minimum Gasteiger partial charge on any atom is -0.361 e. The summed E-state index contributed by atoms with van der Waals surface area (Å²) in [5.74, 6) is 1.68. The number of piperidine rings is 1. The number of likely N-dealkylation sites (tertiary alicyclic amines) is 2. The van der Waals surface area contributed by atoms with Crippen LogP contribution in [0.5, 0.6) is 0 Å². The Bertz CT molecular complexity index is 896. The Labute approximate surface area is 190 Å². The van der Waals surface area contributed by atoms with Crippen molar-refractivity contribution in [2.45, 2.75) is 58.8 Å². The molecule has 2 amide bonds. The average Bonchev–Trinajstić information content (AvgIpc) is 3.01. The van der Waals surface area contributed by atoms with Crippen molar-refractivity contribution in [3.63, 3.8) is 0 Å². The molecule has 32 heavy (non-hydrogen) atoms. The molecule has 2 aromatic rings. The van der Waals surface area contributed by atoms with Crippen molar-refractivity contribution in [3.05, 3.63) is 52.9 Å². The fourth-order valence-electron chi connectivity index (χ4n) is 5.27. The molecule has 3 heterocycles. The molecule has 4 rings (SSSR count). The summed E-state index contributed by atoms with van der Waals surface area (Å²) >= 11 is 0. The predicted molar refractivity (Wildman–Crippen MR) is 123 cm³/mol. The number of rotatable bonds is 6. The number of carbonyl (C=O) groups excluding carboxylic acids is 2. The zero-order valence-corrected chi connectivity index (χ0v) is 19.4. The van der Waals surface area contributed by atoms with Gasteiger partial charge in [-0.25, -0.2) is 0 Å². The highest BCUT2D eigenvalue weighted by Gasteiger charge is 2.35. The van der Waals surface area contributed by atoms with Gasteiger partial charge in [-0.15, -0.1) is 0 Å². The van der Waals surface area contributed by atoms with Crippen molar-refractivity contribution in [2.75, 3.05) is 26.2 Å². The first-order valence-corrected chi connectivity index (χ1v) is 12.0. The number of hydrogen-bond acceptors (Lipinski definition) is 4. The predicted octanol–water partition coefficient (Wildman–Crippen LogP) is 3.94. The molecule has 1 atom stereocenters. The van der Waals surface area contributed by atoms with Gasteiger partial charge in [0, 0.05) is 37.7 Å². The van der Waals surface area contributed by atoms with Crippen LogP contribution in [0.4, 0.5) is 0 Å². The fraction of sp³-hybridized carbons (Fsp3) is 0.577. The molecule has 0 N–H and O–H groups in total. The van der Waals surface area contributed by atoms with Gasteiger partial charge in [-0.05, 0) is 57.4 Å². The molecule has 0 spiro atoms. The maximum absolute atomic E-state index is 13.4. The molecule has 0 bridgehead atoms. The van der Waals surface area contributed by atoms with E-state index in [2.05, 4.69) is 34.3 Å². The van der Waals surface area contributed by atoms with E-state index in [4.69, 9.17) is 4.52 Å².